The van der Waals surface area contributed by atoms with Gasteiger partial charge in [-0.05, 0) is 18.4 Å². The molecule has 2 rings (SSSR count). The Hall–Kier alpha value is -1.68. The maximum absolute atomic E-state index is 12.4. The summed E-state index contributed by atoms with van der Waals surface area (Å²) in [7, 11) is 0. The first-order valence-electron chi connectivity index (χ1n) is 7.09. The highest BCUT2D eigenvalue weighted by Crippen LogP contribution is 2.25. The van der Waals surface area contributed by atoms with Crippen molar-refractivity contribution in [3.63, 3.8) is 0 Å². The molecule has 2 atom stereocenters. The highest BCUT2D eigenvalue weighted by atomic mass is 16.3. The third-order valence-corrected chi connectivity index (χ3v) is 3.78. The van der Waals surface area contributed by atoms with Gasteiger partial charge in [0, 0.05) is 12.5 Å². The normalized spacial score (nSPS) is 20.2. The first-order chi connectivity index (χ1) is 9.52. The molecule has 1 aromatic carbocycles. The van der Waals surface area contributed by atoms with E-state index in [2.05, 4.69) is 0 Å². The molecule has 0 bridgehead atoms. The zero-order chi connectivity index (χ0) is 14.7. The molecule has 1 heterocycles. The van der Waals surface area contributed by atoms with E-state index in [1.165, 1.54) is 0 Å². The van der Waals surface area contributed by atoms with Crippen LogP contribution in [0.5, 0.6) is 0 Å². The van der Waals surface area contributed by atoms with Crippen LogP contribution in [0.4, 0.5) is 0 Å². The quantitative estimate of drug-likeness (QED) is 0.913. The van der Waals surface area contributed by atoms with Crippen LogP contribution < -0.4 is 0 Å². The number of aliphatic hydroxyl groups excluding tert-OH is 1. The van der Waals surface area contributed by atoms with Gasteiger partial charge in [0.2, 0.25) is 0 Å². The topological polar surface area (TPSA) is 57.6 Å². The number of hydrogen-bond donors (Lipinski definition) is 1. The molecule has 108 valence electrons. The summed E-state index contributed by atoms with van der Waals surface area (Å²) in [6.07, 6.45) is 0.331. The smallest absolute Gasteiger partial charge is 0.256 e. The molecule has 1 saturated heterocycles. The maximum atomic E-state index is 12.4. The molecule has 20 heavy (non-hydrogen) atoms. The first-order valence-corrected chi connectivity index (χ1v) is 7.09. The van der Waals surface area contributed by atoms with Gasteiger partial charge in [-0.15, -0.1) is 0 Å². The molecule has 4 nitrogen and oxygen atoms in total. The number of benzene rings is 1. The fourth-order valence-electron chi connectivity index (χ4n) is 2.65. The maximum Gasteiger partial charge on any atom is 0.256 e. The molecule has 1 amide bonds. The lowest BCUT2D eigenvalue weighted by atomic mass is 9.99. The predicted molar refractivity (Wildman–Crippen MR) is 76.0 cm³/mol. The summed E-state index contributed by atoms with van der Waals surface area (Å²) < 4.78 is 0. The summed E-state index contributed by atoms with van der Waals surface area (Å²) in [5.41, 5.74) is 0.570. The second-order valence-corrected chi connectivity index (χ2v) is 5.56. The van der Waals surface area contributed by atoms with Gasteiger partial charge in [0.05, 0.1) is 6.04 Å². The number of carbonyl (C=O) groups is 2. The van der Waals surface area contributed by atoms with E-state index < -0.39 is 6.10 Å². The average Bonchev–Trinajstić information content (AvgIpc) is 2.94. The van der Waals surface area contributed by atoms with E-state index in [1.807, 2.05) is 19.9 Å². The molecule has 1 aliphatic heterocycles. The minimum atomic E-state index is -1.18. The molecular weight excluding hydrogens is 254 g/mol. The Morgan fingerprint density at radius 2 is 1.90 bits per heavy atom. The molecule has 1 aromatic rings. The highest BCUT2D eigenvalue weighted by Gasteiger charge is 2.37. The van der Waals surface area contributed by atoms with Gasteiger partial charge in [-0.2, -0.15) is 0 Å². The van der Waals surface area contributed by atoms with Gasteiger partial charge < -0.3 is 10.0 Å². The van der Waals surface area contributed by atoms with Crippen LogP contribution in [0.2, 0.25) is 0 Å². The fourth-order valence-corrected chi connectivity index (χ4v) is 2.65. The minimum Gasteiger partial charge on any atom is -0.378 e. The molecule has 4 heteroatoms. The van der Waals surface area contributed by atoms with E-state index in [4.69, 9.17) is 0 Å². The van der Waals surface area contributed by atoms with E-state index >= 15 is 0 Å². The number of ketones is 1. The van der Waals surface area contributed by atoms with Crippen LogP contribution in [0.15, 0.2) is 30.3 Å². The average molecular weight is 275 g/mol. The van der Waals surface area contributed by atoms with Crippen molar-refractivity contribution in [2.75, 3.05) is 6.54 Å². The van der Waals surface area contributed by atoms with Crippen molar-refractivity contribution in [1.82, 2.24) is 4.90 Å². The molecule has 0 spiro atoms. The number of nitrogens with zero attached hydrogens (tertiary/aromatic N) is 1. The van der Waals surface area contributed by atoms with Crippen molar-refractivity contribution < 1.29 is 14.7 Å². The van der Waals surface area contributed by atoms with Crippen LogP contribution in [0.1, 0.15) is 38.4 Å². The Kier molecular flexibility index (Phi) is 4.55. The highest BCUT2D eigenvalue weighted by molar-refractivity contribution is 5.92. The van der Waals surface area contributed by atoms with Crippen molar-refractivity contribution in [1.29, 1.82) is 0 Å². The number of hydrogen-bond acceptors (Lipinski definition) is 3. The van der Waals surface area contributed by atoms with Crippen LogP contribution >= 0.6 is 0 Å². The largest absolute Gasteiger partial charge is 0.378 e. The Balaban J connectivity index is 2.14. The van der Waals surface area contributed by atoms with Gasteiger partial charge in [-0.1, -0.05) is 44.2 Å². The Morgan fingerprint density at radius 1 is 1.25 bits per heavy atom. The number of aliphatic hydroxyl groups is 1. The molecule has 0 aromatic heterocycles. The van der Waals surface area contributed by atoms with Crippen molar-refractivity contribution in [3.05, 3.63) is 35.9 Å². The lowest BCUT2D eigenvalue weighted by molar-refractivity contribution is -0.145. The second kappa shape index (κ2) is 6.18. The third-order valence-electron chi connectivity index (χ3n) is 3.78. The lowest BCUT2D eigenvalue weighted by Gasteiger charge is -2.27. The lowest BCUT2D eigenvalue weighted by Crippen LogP contribution is -2.44. The Labute approximate surface area is 119 Å². The van der Waals surface area contributed by atoms with E-state index in [0.29, 0.717) is 18.5 Å². The van der Waals surface area contributed by atoms with Crippen molar-refractivity contribution in [2.45, 2.75) is 38.8 Å². The number of rotatable bonds is 4. The van der Waals surface area contributed by atoms with Crippen LogP contribution in [0.3, 0.4) is 0 Å². The second-order valence-electron chi connectivity index (χ2n) is 5.56. The molecule has 1 aliphatic rings. The van der Waals surface area contributed by atoms with Gasteiger partial charge in [0.15, 0.2) is 11.9 Å². The zero-order valence-electron chi connectivity index (χ0n) is 12.0. The van der Waals surface area contributed by atoms with Crippen molar-refractivity contribution in [2.24, 2.45) is 5.92 Å². The summed E-state index contributed by atoms with van der Waals surface area (Å²) in [5.74, 6) is -0.383. The molecule has 1 fully saturated rings. The van der Waals surface area contributed by atoms with Crippen LogP contribution in [-0.2, 0) is 9.59 Å². The molecule has 0 aliphatic carbocycles. The van der Waals surface area contributed by atoms with Gasteiger partial charge in [0.25, 0.3) is 5.91 Å². The van der Waals surface area contributed by atoms with Crippen molar-refractivity contribution >= 4 is 11.7 Å². The monoisotopic (exact) mass is 275 g/mol. The molecule has 0 saturated carbocycles. The summed E-state index contributed by atoms with van der Waals surface area (Å²) in [6.45, 7) is 4.24. The van der Waals surface area contributed by atoms with Gasteiger partial charge >= 0.3 is 0 Å². The van der Waals surface area contributed by atoms with Crippen LogP contribution in [0, 0.1) is 5.92 Å². The molecule has 1 N–H and O–H groups in total. The number of carbonyl (C=O) groups excluding carboxylic acids is 2. The summed E-state index contributed by atoms with van der Waals surface area (Å²) >= 11 is 0. The minimum absolute atomic E-state index is 0.0797. The van der Waals surface area contributed by atoms with Crippen LogP contribution in [-0.4, -0.2) is 34.3 Å². The molecule has 0 radical (unpaired) electrons. The van der Waals surface area contributed by atoms with Gasteiger partial charge in [0.1, 0.15) is 0 Å². The molecular formula is C16H21NO3. The van der Waals surface area contributed by atoms with Gasteiger partial charge in [-0.25, -0.2) is 0 Å². The zero-order valence-corrected chi connectivity index (χ0v) is 12.0. The Morgan fingerprint density at radius 3 is 2.50 bits per heavy atom. The summed E-state index contributed by atoms with van der Waals surface area (Å²) in [6, 6.07) is 8.47. The van der Waals surface area contributed by atoms with Gasteiger partial charge in [-0.3, -0.25) is 9.59 Å². The van der Waals surface area contributed by atoms with E-state index in [1.54, 1.807) is 29.2 Å². The number of Topliss-reactive ketones (excluding diaryl/α,β-unsaturated/α-hetero) is 1. The summed E-state index contributed by atoms with van der Waals surface area (Å²) in [5, 5.41) is 10.2. The van der Waals surface area contributed by atoms with E-state index in [9.17, 15) is 14.7 Å². The third kappa shape index (κ3) is 2.90. The first kappa shape index (κ1) is 14.7. The molecule has 0 unspecified atom stereocenters. The standard InChI is InChI=1S/C16H21NO3/c1-11(2)14(18)13-9-6-10-17(13)16(20)15(19)12-7-4-3-5-8-12/h3-5,7-8,11,13,15,19H,6,9-10H2,1-2H3/t13-,15-/m0/s1. The Bertz CT molecular complexity index is 484. The fraction of sp³-hybridized carbons (Fsp3) is 0.500. The number of amides is 1. The summed E-state index contributed by atoms with van der Waals surface area (Å²) in [4.78, 5) is 26.1. The van der Waals surface area contributed by atoms with E-state index in [-0.39, 0.29) is 23.7 Å². The van der Waals surface area contributed by atoms with Crippen molar-refractivity contribution in [3.8, 4) is 0 Å². The SMILES string of the molecule is CC(C)C(=O)[C@@H]1CCCN1C(=O)[C@@H](O)c1ccccc1. The van der Waals surface area contributed by atoms with E-state index in [0.717, 1.165) is 6.42 Å². The number of likely N-dealkylation sites (tertiary alicyclic amines) is 1. The predicted octanol–water partition coefficient (Wildman–Crippen LogP) is 1.94. The van der Waals surface area contributed by atoms with Crippen LogP contribution in [0.25, 0.3) is 0 Å².